The van der Waals surface area contributed by atoms with Crippen molar-refractivity contribution >= 4 is 0 Å². The molecule has 1 heterocycles. The molecule has 0 radical (unpaired) electrons. The number of hydrogen-bond acceptors (Lipinski definition) is 6. The maximum Gasteiger partial charge on any atom is 0.161 e. The zero-order chi connectivity index (χ0) is 28.8. The molecule has 0 amide bonds. The largest absolute Gasteiger partial charge is 0.488 e. The molecule has 0 fully saturated rings. The molecule has 41 heavy (non-hydrogen) atoms. The van der Waals surface area contributed by atoms with Crippen LogP contribution in [0.25, 0.3) is 11.1 Å². The van der Waals surface area contributed by atoms with Crippen molar-refractivity contribution in [3.05, 3.63) is 106 Å². The molecule has 6 heteroatoms. The van der Waals surface area contributed by atoms with Crippen molar-refractivity contribution in [3.8, 4) is 40.2 Å². The lowest BCUT2D eigenvalue weighted by Crippen LogP contribution is -2.17. The van der Waals surface area contributed by atoms with Crippen LogP contribution in [-0.4, -0.2) is 31.7 Å². The van der Waals surface area contributed by atoms with E-state index in [1.54, 1.807) is 6.07 Å². The van der Waals surface area contributed by atoms with Crippen LogP contribution in [0.2, 0.25) is 0 Å². The van der Waals surface area contributed by atoms with Crippen molar-refractivity contribution in [2.45, 2.75) is 40.5 Å². The van der Waals surface area contributed by atoms with E-state index in [0.29, 0.717) is 32.0 Å². The highest BCUT2D eigenvalue weighted by molar-refractivity contribution is 5.71. The minimum Gasteiger partial charge on any atom is -0.488 e. The number of nitrogens with zero attached hydrogens (tertiary/aromatic N) is 2. The van der Waals surface area contributed by atoms with Gasteiger partial charge in [-0.25, -0.2) is 0 Å². The van der Waals surface area contributed by atoms with Crippen LogP contribution >= 0.6 is 0 Å². The second-order valence-electron chi connectivity index (χ2n) is 10.4. The van der Waals surface area contributed by atoms with Gasteiger partial charge < -0.3 is 23.8 Å². The van der Waals surface area contributed by atoms with Crippen LogP contribution in [0.5, 0.6) is 23.0 Å². The van der Waals surface area contributed by atoms with Gasteiger partial charge in [-0.2, -0.15) is 5.26 Å². The minimum absolute atomic E-state index is 0.373. The van der Waals surface area contributed by atoms with Crippen LogP contribution in [-0.2, 0) is 19.8 Å². The summed E-state index contributed by atoms with van der Waals surface area (Å²) in [5, 5.41) is 9.26. The van der Waals surface area contributed by atoms with Crippen LogP contribution in [0.15, 0.2) is 72.8 Å². The number of hydrogen-bond donors (Lipinski definition) is 0. The highest BCUT2D eigenvalue weighted by Gasteiger charge is 2.16. The first kappa shape index (κ1) is 28.1. The van der Waals surface area contributed by atoms with Crippen molar-refractivity contribution < 1.29 is 18.9 Å². The Morgan fingerprint density at radius 2 is 1.61 bits per heavy atom. The van der Waals surface area contributed by atoms with Gasteiger partial charge in [-0.15, -0.1) is 0 Å². The quantitative estimate of drug-likeness (QED) is 0.208. The summed E-state index contributed by atoms with van der Waals surface area (Å²) in [5.41, 5.74) is 8.25. The molecule has 4 aromatic carbocycles. The molecule has 0 aromatic heterocycles. The Morgan fingerprint density at radius 3 is 2.41 bits per heavy atom. The Bertz CT molecular complexity index is 1570. The van der Waals surface area contributed by atoms with Gasteiger partial charge in [0.05, 0.1) is 11.6 Å². The average Bonchev–Trinajstić information content (AvgIpc) is 3.00. The third kappa shape index (κ3) is 6.65. The number of nitriles is 1. The molecule has 0 saturated carbocycles. The van der Waals surface area contributed by atoms with Gasteiger partial charge in [0.1, 0.15) is 37.9 Å². The first-order valence-corrected chi connectivity index (χ1v) is 14.0. The first-order chi connectivity index (χ1) is 19.9. The molecule has 0 spiro atoms. The van der Waals surface area contributed by atoms with Crippen molar-refractivity contribution in [2.75, 3.05) is 26.8 Å². The Balaban J connectivity index is 1.37. The van der Waals surface area contributed by atoms with Gasteiger partial charge in [-0.1, -0.05) is 43.3 Å². The third-order valence-corrected chi connectivity index (χ3v) is 7.47. The van der Waals surface area contributed by atoms with Crippen LogP contribution < -0.4 is 18.9 Å². The Hall–Kier alpha value is -4.47. The molecular weight excluding hydrogens is 512 g/mol. The van der Waals surface area contributed by atoms with Crippen molar-refractivity contribution in [3.63, 3.8) is 0 Å². The van der Waals surface area contributed by atoms with E-state index in [2.05, 4.69) is 69.1 Å². The monoisotopic (exact) mass is 548 g/mol. The Morgan fingerprint density at radius 1 is 0.829 bits per heavy atom. The summed E-state index contributed by atoms with van der Waals surface area (Å²) in [6.45, 7) is 9.99. The number of fused-ring (bicyclic) bond motifs is 1. The minimum atomic E-state index is 0.373. The van der Waals surface area contributed by atoms with Crippen LogP contribution in [0, 0.1) is 25.2 Å². The van der Waals surface area contributed by atoms with Gasteiger partial charge in [0.25, 0.3) is 0 Å². The van der Waals surface area contributed by atoms with Crippen LogP contribution in [0.3, 0.4) is 0 Å². The fraction of sp³-hybridized carbons (Fsp3) is 0.286. The Labute approximate surface area is 242 Å². The molecule has 0 atom stereocenters. The van der Waals surface area contributed by atoms with E-state index in [4.69, 9.17) is 18.9 Å². The van der Waals surface area contributed by atoms with E-state index >= 15 is 0 Å². The summed E-state index contributed by atoms with van der Waals surface area (Å²) < 4.78 is 24.2. The molecule has 1 aliphatic heterocycles. The van der Waals surface area contributed by atoms with E-state index in [1.807, 2.05) is 36.4 Å². The van der Waals surface area contributed by atoms with E-state index in [1.165, 1.54) is 0 Å². The number of ether oxygens (including phenoxy) is 4. The van der Waals surface area contributed by atoms with E-state index < -0.39 is 0 Å². The van der Waals surface area contributed by atoms with E-state index in [0.717, 1.165) is 75.0 Å². The summed E-state index contributed by atoms with van der Waals surface area (Å²) in [6, 6.07) is 26.3. The predicted octanol–water partition coefficient (Wildman–Crippen LogP) is 7.22. The van der Waals surface area contributed by atoms with Crippen LogP contribution in [0.1, 0.15) is 40.3 Å². The highest BCUT2D eigenvalue weighted by Crippen LogP contribution is 2.37. The number of aryl methyl sites for hydroxylation is 1. The molecule has 5 rings (SSSR count). The zero-order valence-electron chi connectivity index (χ0n) is 24.2. The zero-order valence-corrected chi connectivity index (χ0v) is 24.2. The summed E-state index contributed by atoms with van der Waals surface area (Å²) in [4.78, 5) is 2.24. The lowest BCUT2D eigenvalue weighted by Gasteiger charge is -2.21. The molecule has 210 valence electrons. The first-order valence-electron chi connectivity index (χ1n) is 14.0. The SMILES string of the molecule is CCN(C)Cc1cc(C)c(OCc2cccc(-c3ccc4c(c3)OCCO4)c2C)cc1OCc1cccc(C#N)c1. The normalized spacial score (nSPS) is 12.2. The van der Waals surface area contributed by atoms with Crippen LogP contribution in [0.4, 0.5) is 0 Å². The second kappa shape index (κ2) is 12.8. The highest BCUT2D eigenvalue weighted by atomic mass is 16.6. The van der Waals surface area contributed by atoms with Gasteiger partial charge in [-0.05, 0) is 91.2 Å². The average molecular weight is 549 g/mol. The standard InChI is InChI=1S/C35H36N2O4/c1-5-37(4)21-30-16-24(2)33(19-34(30)40-22-27-9-6-8-26(17-27)20-36)41-23-29-10-7-11-31(25(29)3)28-12-13-32-35(18-28)39-15-14-38-32/h6-13,16-19H,5,14-15,21-23H2,1-4H3. The molecule has 6 nitrogen and oxygen atoms in total. The summed E-state index contributed by atoms with van der Waals surface area (Å²) in [7, 11) is 2.09. The molecule has 0 unspecified atom stereocenters. The maximum atomic E-state index is 9.26. The topological polar surface area (TPSA) is 64.0 Å². The molecule has 0 N–H and O–H groups in total. The molecule has 1 aliphatic rings. The van der Waals surface area contributed by atoms with Gasteiger partial charge in [0, 0.05) is 18.2 Å². The lowest BCUT2D eigenvalue weighted by molar-refractivity contribution is 0.171. The predicted molar refractivity (Wildman–Crippen MR) is 161 cm³/mol. The smallest absolute Gasteiger partial charge is 0.161 e. The summed E-state index contributed by atoms with van der Waals surface area (Å²) in [6.07, 6.45) is 0. The molecule has 4 aromatic rings. The molecule has 0 saturated heterocycles. The van der Waals surface area contributed by atoms with Gasteiger partial charge in [0.2, 0.25) is 0 Å². The van der Waals surface area contributed by atoms with Crippen molar-refractivity contribution in [1.82, 2.24) is 4.90 Å². The lowest BCUT2D eigenvalue weighted by atomic mass is 9.96. The van der Waals surface area contributed by atoms with E-state index in [-0.39, 0.29) is 0 Å². The molecular formula is C35H36N2O4. The van der Waals surface area contributed by atoms with Crippen molar-refractivity contribution in [2.24, 2.45) is 0 Å². The third-order valence-electron chi connectivity index (χ3n) is 7.47. The molecule has 0 aliphatic carbocycles. The number of benzene rings is 4. The van der Waals surface area contributed by atoms with Gasteiger partial charge >= 0.3 is 0 Å². The summed E-state index contributed by atoms with van der Waals surface area (Å²) >= 11 is 0. The van der Waals surface area contributed by atoms with Gasteiger partial charge in [-0.3, -0.25) is 0 Å². The number of rotatable bonds is 10. The maximum absolute atomic E-state index is 9.26. The fourth-order valence-corrected chi connectivity index (χ4v) is 4.96. The van der Waals surface area contributed by atoms with E-state index in [9.17, 15) is 5.26 Å². The summed E-state index contributed by atoms with van der Waals surface area (Å²) in [5.74, 6) is 3.15. The second-order valence-corrected chi connectivity index (χ2v) is 10.4. The van der Waals surface area contributed by atoms with Gasteiger partial charge in [0.15, 0.2) is 11.5 Å². The van der Waals surface area contributed by atoms with Crippen molar-refractivity contribution in [1.29, 1.82) is 5.26 Å². The molecule has 0 bridgehead atoms. The fourth-order valence-electron chi connectivity index (χ4n) is 4.96. The Kier molecular flexibility index (Phi) is 8.76.